The first-order valence-corrected chi connectivity index (χ1v) is 6.43. The molecule has 1 amide bonds. The van der Waals surface area contributed by atoms with Gasteiger partial charge < -0.3 is 19.9 Å². The maximum atomic E-state index is 12.5. The Labute approximate surface area is 127 Å². The van der Waals surface area contributed by atoms with E-state index in [0.717, 1.165) is 0 Å². The fourth-order valence-electron chi connectivity index (χ4n) is 2.04. The molecule has 0 aliphatic rings. The quantitative estimate of drug-likeness (QED) is 0.887. The van der Waals surface area contributed by atoms with E-state index in [2.05, 4.69) is 5.32 Å². The molecule has 22 heavy (non-hydrogen) atoms. The monoisotopic (exact) mass is 301 g/mol. The number of anilines is 1. The Hall–Kier alpha value is -3.02. The molecule has 2 aromatic carbocycles. The van der Waals surface area contributed by atoms with Gasteiger partial charge in [-0.05, 0) is 24.3 Å². The number of benzene rings is 2. The zero-order chi connectivity index (χ0) is 16.1. The van der Waals surface area contributed by atoms with Gasteiger partial charge in [0.1, 0.15) is 17.1 Å². The first kappa shape index (κ1) is 15.4. The van der Waals surface area contributed by atoms with Gasteiger partial charge >= 0.3 is 5.97 Å². The SMILES string of the molecule is COc1cccc(OC)c1C(=O)Nc1ccccc1C(=O)O. The van der Waals surface area contributed by atoms with Crippen LogP contribution in [0.25, 0.3) is 0 Å². The number of nitrogens with one attached hydrogen (secondary N) is 1. The zero-order valence-electron chi connectivity index (χ0n) is 12.1. The van der Waals surface area contributed by atoms with Crippen LogP contribution in [0.1, 0.15) is 20.7 Å². The zero-order valence-corrected chi connectivity index (χ0v) is 12.1. The van der Waals surface area contributed by atoms with Crippen molar-refractivity contribution in [3.8, 4) is 11.5 Å². The minimum atomic E-state index is -1.12. The number of carboxylic acid groups (broad SMARTS) is 1. The van der Waals surface area contributed by atoms with Crippen molar-refractivity contribution in [1.82, 2.24) is 0 Å². The summed E-state index contributed by atoms with van der Waals surface area (Å²) in [5, 5.41) is 11.7. The van der Waals surface area contributed by atoms with E-state index in [0.29, 0.717) is 11.5 Å². The van der Waals surface area contributed by atoms with Crippen molar-refractivity contribution >= 4 is 17.6 Å². The Morgan fingerprint density at radius 3 is 2.09 bits per heavy atom. The summed E-state index contributed by atoms with van der Waals surface area (Å²) in [6.45, 7) is 0. The van der Waals surface area contributed by atoms with Crippen LogP contribution < -0.4 is 14.8 Å². The summed E-state index contributed by atoms with van der Waals surface area (Å²) in [5.74, 6) is -0.958. The van der Waals surface area contributed by atoms with E-state index in [1.54, 1.807) is 30.3 Å². The second-order valence-corrected chi connectivity index (χ2v) is 4.34. The summed E-state index contributed by atoms with van der Waals surface area (Å²) in [7, 11) is 2.88. The second kappa shape index (κ2) is 6.62. The van der Waals surface area contributed by atoms with Crippen molar-refractivity contribution < 1.29 is 24.2 Å². The highest BCUT2D eigenvalue weighted by molar-refractivity contribution is 6.10. The van der Waals surface area contributed by atoms with Crippen molar-refractivity contribution in [3.63, 3.8) is 0 Å². The summed E-state index contributed by atoms with van der Waals surface area (Å²) in [6.07, 6.45) is 0. The van der Waals surface area contributed by atoms with E-state index in [1.807, 2.05) is 0 Å². The summed E-state index contributed by atoms with van der Waals surface area (Å²) < 4.78 is 10.3. The highest BCUT2D eigenvalue weighted by Crippen LogP contribution is 2.29. The fraction of sp³-hybridized carbons (Fsp3) is 0.125. The lowest BCUT2D eigenvalue weighted by atomic mass is 10.1. The Morgan fingerprint density at radius 2 is 1.55 bits per heavy atom. The predicted octanol–water partition coefficient (Wildman–Crippen LogP) is 2.65. The molecule has 114 valence electrons. The van der Waals surface area contributed by atoms with Gasteiger partial charge in [-0.25, -0.2) is 4.79 Å². The molecule has 2 N–H and O–H groups in total. The molecule has 0 heterocycles. The molecule has 0 unspecified atom stereocenters. The lowest BCUT2D eigenvalue weighted by Crippen LogP contribution is -2.16. The molecular formula is C16H15NO5. The van der Waals surface area contributed by atoms with Crippen LogP contribution in [0, 0.1) is 0 Å². The molecule has 0 aromatic heterocycles. The van der Waals surface area contributed by atoms with Crippen LogP contribution in [0.15, 0.2) is 42.5 Å². The fourth-order valence-corrected chi connectivity index (χ4v) is 2.04. The lowest BCUT2D eigenvalue weighted by molar-refractivity contribution is 0.0698. The van der Waals surface area contributed by atoms with Gasteiger partial charge in [0.25, 0.3) is 5.91 Å². The molecule has 2 rings (SSSR count). The van der Waals surface area contributed by atoms with Crippen LogP contribution in [-0.2, 0) is 0 Å². The van der Waals surface area contributed by atoms with E-state index < -0.39 is 11.9 Å². The van der Waals surface area contributed by atoms with Gasteiger partial charge in [-0.3, -0.25) is 4.79 Å². The number of carboxylic acids is 1. The summed E-state index contributed by atoms with van der Waals surface area (Å²) in [6, 6.07) is 11.1. The standard InChI is InChI=1S/C16H15NO5/c1-21-12-8-5-9-13(22-2)14(12)15(18)17-11-7-4-3-6-10(11)16(19)20/h3-9H,1-2H3,(H,17,18)(H,19,20). The normalized spacial score (nSPS) is 9.91. The van der Waals surface area contributed by atoms with Crippen molar-refractivity contribution in [1.29, 1.82) is 0 Å². The Balaban J connectivity index is 2.41. The van der Waals surface area contributed by atoms with Gasteiger partial charge in [0.05, 0.1) is 25.5 Å². The number of aromatic carboxylic acids is 1. The van der Waals surface area contributed by atoms with Gasteiger partial charge in [0, 0.05) is 0 Å². The maximum Gasteiger partial charge on any atom is 0.337 e. The number of methoxy groups -OCH3 is 2. The summed E-state index contributed by atoms with van der Waals surface area (Å²) in [4.78, 5) is 23.7. The molecule has 2 aromatic rings. The van der Waals surface area contributed by atoms with Gasteiger partial charge in [-0.15, -0.1) is 0 Å². The predicted molar refractivity (Wildman–Crippen MR) is 80.9 cm³/mol. The molecule has 0 bridgehead atoms. The van der Waals surface area contributed by atoms with Crippen molar-refractivity contribution in [3.05, 3.63) is 53.6 Å². The molecule has 0 saturated carbocycles. The number of rotatable bonds is 5. The minimum Gasteiger partial charge on any atom is -0.496 e. The van der Waals surface area contributed by atoms with Gasteiger partial charge in [-0.2, -0.15) is 0 Å². The molecule has 6 heteroatoms. The third-order valence-corrected chi connectivity index (χ3v) is 3.06. The summed E-state index contributed by atoms with van der Waals surface area (Å²) >= 11 is 0. The maximum absolute atomic E-state index is 12.5. The van der Waals surface area contributed by atoms with E-state index in [9.17, 15) is 9.59 Å². The highest BCUT2D eigenvalue weighted by atomic mass is 16.5. The smallest absolute Gasteiger partial charge is 0.337 e. The van der Waals surface area contributed by atoms with Crippen LogP contribution in [0.3, 0.4) is 0 Å². The second-order valence-electron chi connectivity index (χ2n) is 4.34. The number of carbonyl (C=O) groups excluding carboxylic acids is 1. The van der Waals surface area contributed by atoms with Crippen molar-refractivity contribution in [2.45, 2.75) is 0 Å². The molecule has 0 saturated heterocycles. The Kier molecular flexibility index (Phi) is 4.63. The van der Waals surface area contributed by atoms with E-state index >= 15 is 0 Å². The van der Waals surface area contributed by atoms with E-state index in [-0.39, 0.29) is 16.8 Å². The number of hydrogen-bond acceptors (Lipinski definition) is 4. The number of hydrogen-bond donors (Lipinski definition) is 2. The third-order valence-electron chi connectivity index (χ3n) is 3.06. The van der Waals surface area contributed by atoms with E-state index in [4.69, 9.17) is 14.6 Å². The van der Waals surface area contributed by atoms with Gasteiger partial charge in [0.2, 0.25) is 0 Å². The van der Waals surface area contributed by atoms with Crippen molar-refractivity contribution in [2.24, 2.45) is 0 Å². The molecular weight excluding hydrogens is 286 g/mol. The third kappa shape index (κ3) is 3.01. The minimum absolute atomic E-state index is 0.00437. The lowest BCUT2D eigenvalue weighted by Gasteiger charge is -2.14. The molecule has 0 aliphatic carbocycles. The molecule has 0 fully saturated rings. The molecule has 0 radical (unpaired) electrons. The van der Waals surface area contributed by atoms with Crippen LogP contribution in [-0.4, -0.2) is 31.2 Å². The van der Waals surface area contributed by atoms with Crippen molar-refractivity contribution in [2.75, 3.05) is 19.5 Å². The average molecular weight is 301 g/mol. The topological polar surface area (TPSA) is 84.9 Å². The first-order valence-electron chi connectivity index (χ1n) is 6.43. The Bertz CT molecular complexity index is 689. The molecule has 0 aliphatic heterocycles. The molecule has 0 spiro atoms. The van der Waals surface area contributed by atoms with Crippen LogP contribution in [0.2, 0.25) is 0 Å². The summed E-state index contributed by atoms with van der Waals surface area (Å²) in [5.41, 5.74) is 0.408. The van der Waals surface area contributed by atoms with Gasteiger partial charge in [-0.1, -0.05) is 18.2 Å². The molecule has 0 atom stereocenters. The molecule has 6 nitrogen and oxygen atoms in total. The average Bonchev–Trinajstić information content (AvgIpc) is 2.54. The largest absolute Gasteiger partial charge is 0.496 e. The van der Waals surface area contributed by atoms with Gasteiger partial charge in [0.15, 0.2) is 0 Å². The first-order chi connectivity index (χ1) is 10.6. The van der Waals surface area contributed by atoms with E-state index in [1.165, 1.54) is 26.4 Å². The number of para-hydroxylation sites is 1. The highest BCUT2D eigenvalue weighted by Gasteiger charge is 2.20. The van der Waals surface area contributed by atoms with Crippen LogP contribution in [0.5, 0.6) is 11.5 Å². The van der Waals surface area contributed by atoms with Crippen LogP contribution in [0.4, 0.5) is 5.69 Å². The van der Waals surface area contributed by atoms with Crippen LogP contribution >= 0.6 is 0 Å². The number of ether oxygens (including phenoxy) is 2. The Morgan fingerprint density at radius 1 is 0.955 bits per heavy atom. The number of amides is 1. The number of carbonyl (C=O) groups is 2.